The maximum Gasteiger partial charge on any atom is 0.239 e. The molecule has 5 heteroatoms. The normalized spacial score (nSPS) is 11.2. The summed E-state index contributed by atoms with van der Waals surface area (Å²) < 4.78 is 0. The minimum absolute atomic E-state index is 0.276. The molecule has 0 spiro atoms. The number of anilines is 1. The van der Waals surface area contributed by atoms with Crippen LogP contribution in [-0.2, 0) is 16.1 Å². The van der Waals surface area contributed by atoms with Crippen LogP contribution >= 0.6 is 0 Å². The number of nitrogens with one attached hydrogen (secondary N) is 2. The standard InChI is InChI=1S/C20H25N3O2/c1-14(2)16-10-5-6-11-17(16)23-19(25)20(3,4)18(24)22-13-15-9-7-8-12-21-15/h5-12,14H,13H2,1-4H3,(H,22,24)(H,23,25). The Morgan fingerprint density at radius 3 is 2.36 bits per heavy atom. The highest BCUT2D eigenvalue weighted by atomic mass is 16.2. The van der Waals surface area contributed by atoms with E-state index in [1.165, 1.54) is 0 Å². The zero-order valence-electron chi connectivity index (χ0n) is 15.2. The van der Waals surface area contributed by atoms with Crippen molar-refractivity contribution in [3.05, 3.63) is 59.9 Å². The van der Waals surface area contributed by atoms with Crippen LogP contribution in [0.4, 0.5) is 5.69 Å². The van der Waals surface area contributed by atoms with Gasteiger partial charge in [0.15, 0.2) is 0 Å². The molecule has 0 fully saturated rings. The summed E-state index contributed by atoms with van der Waals surface area (Å²) in [6.45, 7) is 7.66. The highest BCUT2D eigenvalue weighted by Gasteiger charge is 2.36. The molecule has 0 aliphatic rings. The molecule has 1 heterocycles. The molecule has 0 aliphatic carbocycles. The fourth-order valence-electron chi connectivity index (χ4n) is 2.39. The van der Waals surface area contributed by atoms with E-state index in [2.05, 4.69) is 29.5 Å². The molecule has 2 aromatic rings. The molecule has 0 radical (unpaired) electrons. The number of carbonyl (C=O) groups is 2. The van der Waals surface area contributed by atoms with Gasteiger partial charge < -0.3 is 10.6 Å². The van der Waals surface area contributed by atoms with Gasteiger partial charge in [-0.25, -0.2) is 0 Å². The summed E-state index contributed by atoms with van der Waals surface area (Å²) >= 11 is 0. The monoisotopic (exact) mass is 339 g/mol. The maximum absolute atomic E-state index is 12.7. The van der Waals surface area contributed by atoms with Crippen molar-refractivity contribution in [1.82, 2.24) is 10.3 Å². The van der Waals surface area contributed by atoms with E-state index in [1.54, 1.807) is 20.0 Å². The number of aromatic nitrogens is 1. The molecular weight excluding hydrogens is 314 g/mol. The molecule has 132 valence electrons. The highest BCUT2D eigenvalue weighted by molar-refractivity contribution is 6.10. The molecule has 0 atom stereocenters. The first-order valence-electron chi connectivity index (χ1n) is 8.41. The SMILES string of the molecule is CC(C)c1ccccc1NC(=O)C(C)(C)C(=O)NCc1ccccn1. The van der Waals surface area contributed by atoms with Crippen molar-refractivity contribution >= 4 is 17.5 Å². The number of carbonyl (C=O) groups excluding carboxylic acids is 2. The topological polar surface area (TPSA) is 71.1 Å². The van der Waals surface area contributed by atoms with E-state index in [0.717, 1.165) is 16.9 Å². The molecule has 5 nitrogen and oxygen atoms in total. The van der Waals surface area contributed by atoms with Gasteiger partial charge in [0.2, 0.25) is 11.8 Å². The minimum atomic E-state index is -1.20. The number of nitrogens with zero attached hydrogens (tertiary/aromatic N) is 1. The van der Waals surface area contributed by atoms with Gasteiger partial charge in [0.25, 0.3) is 0 Å². The van der Waals surface area contributed by atoms with E-state index in [1.807, 2.05) is 42.5 Å². The molecule has 2 amide bonds. The Bertz CT molecular complexity index is 740. The lowest BCUT2D eigenvalue weighted by Gasteiger charge is -2.24. The molecule has 2 rings (SSSR count). The number of benzene rings is 1. The third kappa shape index (κ3) is 4.66. The molecule has 0 bridgehead atoms. The summed E-state index contributed by atoms with van der Waals surface area (Å²) in [5, 5.41) is 5.68. The molecule has 0 saturated carbocycles. The second-order valence-electron chi connectivity index (χ2n) is 6.82. The average molecular weight is 339 g/mol. The molecule has 1 aromatic carbocycles. The Morgan fingerprint density at radius 1 is 1.04 bits per heavy atom. The van der Waals surface area contributed by atoms with Gasteiger partial charge in [-0.2, -0.15) is 0 Å². The van der Waals surface area contributed by atoms with E-state index in [-0.39, 0.29) is 17.7 Å². The van der Waals surface area contributed by atoms with Crippen LogP contribution in [0, 0.1) is 5.41 Å². The first-order valence-corrected chi connectivity index (χ1v) is 8.41. The van der Waals surface area contributed by atoms with Crippen LogP contribution in [0.15, 0.2) is 48.7 Å². The van der Waals surface area contributed by atoms with Crippen LogP contribution in [0.3, 0.4) is 0 Å². The smallest absolute Gasteiger partial charge is 0.239 e. The second-order valence-corrected chi connectivity index (χ2v) is 6.82. The predicted octanol–water partition coefficient (Wildman–Crippen LogP) is 3.49. The summed E-state index contributed by atoms with van der Waals surface area (Å²) in [7, 11) is 0. The number of hydrogen-bond donors (Lipinski definition) is 2. The van der Waals surface area contributed by atoms with Gasteiger partial charge in [0.1, 0.15) is 5.41 Å². The van der Waals surface area contributed by atoms with Crippen molar-refractivity contribution in [3.8, 4) is 0 Å². The van der Waals surface area contributed by atoms with E-state index in [9.17, 15) is 9.59 Å². The van der Waals surface area contributed by atoms with Crippen LogP contribution in [-0.4, -0.2) is 16.8 Å². The Kier molecular flexibility index (Phi) is 5.91. The van der Waals surface area contributed by atoms with Crippen LogP contribution in [0.25, 0.3) is 0 Å². The molecule has 1 aromatic heterocycles. The van der Waals surface area contributed by atoms with Crippen molar-refractivity contribution in [2.24, 2.45) is 5.41 Å². The van der Waals surface area contributed by atoms with Crippen LogP contribution in [0.1, 0.15) is 44.9 Å². The lowest BCUT2D eigenvalue weighted by molar-refractivity contribution is -0.138. The number of para-hydroxylation sites is 1. The first kappa shape index (κ1) is 18.6. The van der Waals surface area contributed by atoms with E-state index in [4.69, 9.17) is 0 Å². The lowest BCUT2D eigenvalue weighted by atomic mass is 9.90. The maximum atomic E-state index is 12.7. The van der Waals surface area contributed by atoms with Crippen LogP contribution in [0.5, 0.6) is 0 Å². The Hall–Kier alpha value is -2.69. The fraction of sp³-hybridized carbons (Fsp3) is 0.350. The lowest BCUT2D eigenvalue weighted by Crippen LogP contribution is -2.45. The van der Waals surface area contributed by atoms with Gasteiger partial charge in [-0.05, 0) is 43.5 Å². The third-order valence-corrected chi connectivity index (χ3v) is 4.12. The second kappa shape index (κ2) is 7.92. The highest BCUT2D eigenvalue weighted by Crippen LogP contribution is 2.26. The molecule has 2 N–H and O–H groups in total. The summed E-state index contributed by atoms with van der Waals surface area (Å²) in [5.74, 6) is -0.394. The quantitative estimate of drug-likeness (QED) is 0.792. The van der Waals surface area contributed by atoms with Crippen LogP contribution in [0.2, 0.25) is 0 Å². The molecule has 0 saturated heterocycles. The minimum Gasteiger partial charge on any atom is -0.350 e. The molecule has 0 unspecified atom stereocenters. The molecule has 25 heavy (non-hydrogen) atoms. The van der Waals surface area contributed by atoms with E-state index >= 15 is 0 Å². The first-order chi connectivity index (χ1) is 11.8. The largest absolute Gasteiger partial charge is 0.350 e. The van der Waals surface area contributed by atoms with Crippen molar-refractivity contribution in [1.29, 1.82) is 0 Å². The van der Waals surface area contributed by atoms with Crippen LogP contribution < -0.4 is 10.6 Å². The number of pyridine rings is 1. The zero-order valence-corrected chi connectivity index (χ0v) is 15.2. The summed E-state index contributed by atoms with van der Waals surface area (Å²) in [4.78, 5) is 29.3. The van der Waals surface area contributed by atoms with Crippen molar-refractivity contribution < 1.29 is 9.59 Å². The van der Waals surface area contributed by atoms with Gasteiger partial charge in [-0.3, -0.25) is 14.6 Å². The van der Waals surface area contributed by atoms with Gasteiger partial charge in [0, 0.05) is 11.9 Å². The number of amides is 2. The van der Waals surface area contributed by atoms with E-state index < -0.39 is 5.41 Å². The fourth-order valence-corrected chi connectivity index (χ4v) is 2.39. The van der Waals surface area contributed by atoms with Gasteiger partial charge >= 0.3 is 0 Å². The Morgan fingerprint density at radius 2 is 1.72 bits per heavy atom. The number of rotatable bonds is 6. The number of hydrogen-bond acceptors (Lipinski definition) is 3. The molecular formula is C20H25N3O2. The average Bonchev–Trinajstić information content (AvgIpc) is 2.60. The van der Waals surface area contributed by atoms with Crippen molar-refractivity contribution in [3.63, 3.8) is 0 Å². The summed E-state index contributed by atoms with van der Waals surface area (Å²) in [5.41, 5.74) is 1.34. The van der Waals surface area contributed by atoms with Crippen molar-refractivity contribution in [2.45, 2.75) is 40.2 Å². The van der Waals surface area contributed by atoms with E-state index in [0.29, 0.717) is 6.54 Å². The van der Waals surface area contributed by atoms with Gasteiger partial charge in [0.05, 0.1) is 12.2 Å². The predicted molar refractivity (Wildman–Crippen MR) is 99.0 cm³/mol. The zero-order chi connectivity index (χ0) is 18.4. The molecule has 0 aliphatic heterocycles. The van der Waals surface area contributed by atoms with Gasteiger partial charge in [-0.15, -0.1) is 0 Å². The van der Waals surface area contributed by atoms with Crippen molar-refractivity contribution in [2.75, 3.05) is 5.32 Å². The van der Waals surface area contributed by atoms with Gasteiger partial charge in [-0.1, -0.05) is 38.1 Å². The third-order valence-electron chi connectivity index (χ3n) is 4.12. The Balaban J connectivity index is 2.05. The Labute approximate surface area is 148 Å². The summed E-state index contributed by atoms with van der Waals surface area (Å²) in [6.07, 6.45) is 1.67. The summed E-state index contributed by atoms with van der Waals surface area (Å²) in [6, 6.07) is 13.1.